The standard InChI is InChI=1S/C34H39Cl2N5O4S.ClH/c1-5-45-29-15-10-25(33(42)38(2)3)22-28(29)32-37-30(23-6-11-26(35)12-7-23)31(24-8-13-27(36)14-9-24)41(32)34(43)40-18-16-39(17-19-40)20-21-46(4)44;/h6-15,22,30-31H,5,16-21H2,1-4H3;1H/t30-,31+,46?;/m0./s1. The summed E-state index contributed by atoms with van der Waals surface area (Å²) in [5, 5.41) is 1.18. The van der Waals surface area contributed by atoms with Crippen molar-refractivity contribution in [3.05, 3.63) is 99.0 Å². The molecule has 0 spiro atoms. The minimum absolute atomic E-state index is 0. The quantitative estimate of drug-likeness (QED) is 0.247. The van der Waals surface area contributed by atoms with E-state index in [-0.39, 0.29) is 24.3 Å². The maximum absolute atomic E-state index is 14.8. The second-order valence-corrected chi connectivity index (χ2v) is 14.0. The Balaban J connectivity index is 0.00000500. The maximum atomic E-state index is 14.8. The van der Waals surface area contributed by atoms with Gasteiger partial charge in [-0.15, -0.1) is 12.4 Å². The molecule has 3 aromatic rings. The number of carbonyl (C=O) groups excluding carboxylic acids is 2. The van der Waals surface area contributed by atoms with E-state index in [2.05, 4.69) is 4.90 Å². The monoisotopic (exact) mass is 719 g/mol. The SMILES string of the molecule is CCOc1ccc(C(=O)N(C)C)cc1C1=N[C@@H](c2ccc(Cl)cc2)[C@@H](c2ccc(Cl)cc2)N1C(=O)N1CCN(CC[S+](C)[O-])CC1.Cl. The predicted molar refractivity (Wildman–Crippen MR) is 192 cm³/mol. The lowest BCUT2D eigenvalue weighted by molar-refractivity contribution is 0.0827. The molecular weight excluding hydrogens is 681 g/mol. The Morgan fingerprint density at radius 1 is 0.957 bits per heavy atom. The number of piperazine rings is 1. The lowest BCUT2D eigenvalue weighted by Gasteiger charge is -2.39. The first-order valence-corrected chi connectivity index (χ1v) is 17.7. The van der Waals surface area contributed by atoms with Gasteiger partial charge in [-0.3, -0.25) is 19.6 Å². The highest BCUT2D eigenvalue weighted by atomic mass is 35.5. The van der Waals surface area contributed by atoms with Gasteiger partial charge >= 0.3 is 6.03 Å². The van der Waals surface area contributed by atoms with E-state index in [9.17, 15) is 14.1 Å². The number of benzene rings is 3. The first-order valence-electron chi connectivity index (χ1n) is 15.3. The molecule has 2 aliphatic heterocycles. The Kier molecular flexibility index (Phi) is 12.9. The van der Waals surface area contributed by atoms with Crippen molar-refractivity contribution in [2.75, 3.05) is 65.4 Å². The second kappa shape index (κ2) is 16.4. The largest absolute Gasteiger partial charge is 0.617 e. The van der Waals surface area contributed by atoms with E-state index in [1.165, 1.54) is 4.90 Å². The Hall–Kier alpha value is -2.99. The third-order valence-corrected chi connectivity index (χ3v) is 9.47. The summed E-state index contributed by atoms with van der Waals surface area (Å²) in [6.07, 6.45) is 1.71. The van der Waals surface area contributed by atoms with Crippen LogP contribution in [0, 0.1) is 0 Å². The zero-order chi connectivity index (χ0) is 33.0. The third kappa shape index (κ3) is 8.54. The van der Waals surface area contributed by atoms with Crippen LogP contribution in [0.4, 0.5) is 4.79 Å². The Bertz CT molecular complexity index is 1560. The number of halogens is 3. The predicted octanol–water partition coefficient (Wildman–Crippen LogP) is 6.18. The van der Waals surface area contributed by atoms with E-state index in [0.717, 1.165) is 17.7 Å². The number of hydrogen-bond acceptors (Lipinski definition) is 6. The van der Waals surface area contributed by atoms with Crippen molar-refractivity contribution in [3.8, 4) is 5.75 Å². The Morgan fingerprint density at radius 3 is 2.11 bits per heavy atom. The van der Waals surface area contributed by atoms with Crippen LogP contribution in [-0.2, 0) is 11.2 Å². The van der Waals surface area contributed by atoms with Crippen molar-refractivity contribution in [3.63, 3.8) is 0 Å². The molecule has 3 atom stereocenters. The molecule has 1 saturated heterocycles. The van der Waals surface area contributed by atoms with Gasteiger partial charge in [0.05, 0.1) is 24.5 Å². The molecule has 1 fully saturated rings. The number of amides is 3. The number of aliphatic imine (C=N–C) groups is 1. The van der Waals surface area contributed by atoms with Gasteiger partial charge in [-0.05, 0) is 60.5 Å². The van der Waals surface area contributed by atoms with Crippen molar-refractivity contribution in [1.82, 2.24) is 19.6 Å². The minimum atomic E-state index is -0.880. The van der Waals surface area contributed by atoms with Gasteiger partial charge in [0, 0.05) is 62.4 Å². The molecule has 13 heteroatoms. The zero-order valence-electron chi connectivity index (χ0n) is 26.9. The van der Waals surface area contributed by atoms with Gasteiger partial charge in [-0.1, -0.05) is 58.6 Å². The number of carbonyl (C=O) groups is 2. The van der Waals surface area contributed by atoms with Crippen molar-refractivity contribution < 1.29 is 18.9 Å². The van der Waals surface area contributed by atoms with Crippen molar-refractivity contribution in [2.24, 2.45) is 4.99 Å². The van der Waals surface area contributed by atoms with Crippen LogP contribution < -0.4 is 4.74 Å². The molecule has 5 rings (SSSR count). The number of nitrogens with zero attached hydrogens (tertiary/aromatic N) is 5. The number of ether oxygens (including phenoxy) is 1. The summed E-state index contributed by atoms with van der Waals surface area (Å²) in [6.45, 7) is 5.37. The van der Waals surface area contributed by atoms with Gasteiger partial charge in [-0.25, -0.2) is 4.79 Å². The summed E-state index contributed by atoms with van der Waals surface area (Å²) >= 11 is 11.7. The lowest BCUT2D eigenvalue weighted by atomic mass is 9.93. The summed E-state index contributed by atoms with van der Waals surface area (Å²) in [5.74, 6) is 1.37. The van der Waals surface area contributed by atoms with Crippen LogP contribution in [0.5, 0.6) is 5.75 Å². The first-order chi connectivity index (χ1) is 22.1. The van der Waals surface area contributed by atoms with Gasteiger partial charge < -0.3 is 19.1 Å². The minimum Gasteiger partial charge on any atom is -0.617 e. The smallest absolute Gasteiger partial charge is 0.326 e. The van der Waals surface area contributed by atoms with Crippen LogP contribution in [-0.4, -0.2) is 107 Å². The van der Waals surface area contributed by atoms with Gasteiger partial charge in [0.2, 0.25) is 0 Å². The van der Waals surface area contributed by atoms with Crippen molar-refractivity contribution in [1.29, 1.82) is 0 Å². The van der Waals surface area contributed by atoms with Crippen LogP contribution in [0.25, 0.3) is 0 Å². The molecule has 3 aromatic carbocycles. The summed E-state index contributed by atoms with van der Waals surface area (Å²) in [5.41, 5.74) is 2.76. The molecule has 2 heterocycles. The van der Waals surface area contributed by atoms with Crippen LogP contribution in [0.3, 0.4) is 0 Å². The summed E-state index contributed by atoms with van der Waals surface area (Å²) in [6, 6.07) is 19.0. The average molecular weight is 721 g/mol. The first kappa shape index (κ1) is 36.8. The fourth-order valence-corrected chi connectivity index (χ4v) is 6.57. The third-order valence-electron chi connectivity index (χ3n) is 8.21. The van der Waals surface area contributed by atoms with Crippen LogP contribution in [0.15, 0.2) is 71.7 Å². The molecular formula is C34H40Cl3N5O4S. The molecule has 9 nitrogen and oxygen atoms in total. The number of hydrogen-bond donors (Lipinski definition) is 0. The molecule has 47 heavy (non-hydrogen) atoms. The highest BCUT2D eigenvalue weighted by Gasteiger charge is 2.45. The molecule has 0 bridgehead atoms. The molecule has 1 unspecified atom stereocenters. The topological polar surface area (TPSA) is 91.8 Å². The van der Waals surface area contributed by atoms with Crippen molar-refractivity contribution in [2.45, 2.75) is 19.0 Å². The average Bonchev–Trinajstić information content (AvgIpc) is 3.44. The number of amidine groups is 1. The lowest BCUT2D eigenvalue weighted by Crippen LogP contribution is -2.54. The summed E-state index contributed by atoms with van der Waals surface area (Å²) in [7, 11) is 3.40. The fourth-order valence-electron chi connectivity index (χ4n) is 5.80. The van der Waals surface area contributed by atoms with Crippen LogP contribution in [0.2, 0.25) is 10.0 Å². The van der Waals surface area contributed by atoms with E-state index >= 15 is 0 Å². The number of rotatable bonds is 9. The summed E-state index contributed by atoms with van der Waals surface area (Å²) < 4.78 is 17.8. The molecule has 3 amide bonds. The zero-order valence-corrected chi connectivity index (χ0v) is 30.0. The molecule has 0 aliphatic carbocycles. The summed E-state index contributed by atoms with van der Waals surface area (Å²) in [4.78, 5) is 40.5. The molecule has 0 aromatic heterocycles. The van der Waals surface area contributed by atoms with Gasteiger partial charge in [0.1, 0.15) is 23.4 Å². The van der Waals surface area contributed by atoms with Crippen LogP contribution >= 0.6 is 35.6 Å². The number of urea groups is 1. The maximum Gasteiger partial charge on any atom is 0.326 e. The van der Waals surface area contributed by atoms with Gasteiger partial charge in [0.25, 0.3) is 5.91 Å². The molecule has 0 saturated carbocycles. The Morgan fingerprint density at radius 2 is 1.55 bits per heavy atom. The van der Waals surface area contributed by atoms with E-state index < -0.39 is 23.3 Å². The molecule has 0 radical (unpaired) electrons. The van der Waals surface area contributed by atoms with E-state index in [0.29, 0.717) is 71.3 Å². The van der Waals surface area contributed by atoms with E-state index in [1.807, 2.05) is 60.4 Å². The van der Waals surface area contributed by atoms with Crippen LogP contribution in [0.1, 0.15) is 46.1 Å². The molecule has 0 N–H and O–H groups in total. The molecule has 2 aliphatic rings. The van der Waals surface area contributed by atoms with Crippen molar-refractivity contribution >= 4 is 64.6 Å². The van der Waals surface area contributed by atoms with E-state index in [1.54, 1.807) is 43.5 Å². The van der Waals surface area contributed by atoms with Gasteiger partial charge in [0.15, 0.2) is 0 Å². The molecule has 252 valence electrons. The normalized spacial score (nSPS) is 18.7. The highest BCUT2D eigenvalue weighted by Crippen LogP contribution is 2.45. The second-order valence-electron chi connectivity index (χ2n) is 11.5. The highest BCUT2D eigenvalue weighted by molar-refractivity contribution is 7.90. The fraction of sp³-hybridized carbons (Fsp3) is 0.382. The van der Waals surface area contributed by atoms with Gasteiger partial charge in [-0.2, -0.15) is 0 Å². The van der Waals surface area contributed by atoms with E-state index in [4.69, 9.17) is 32.9 Å². The Labute approximate surface area is 296 Å².